The first-order valence-corrected chi connectivity index (χ1v) is 8.59. The molecule has 134 valence electrons. The molecule has 1 N–H and O–H groups in total. The number of carbonyl (C=O) groups excluding carboxylic acids is 2. The van der Waals surface area contributed by atoms with Crippen LogP contribution in [0.2, 0.25) is 0 Å². The van der Waals surface area contributed by atoms with Gasteiger partial charge in [-0.1, -0.05) is 6.07 Å². The van der Waals surface area contributed by atoms with E-state index in [4.69, 9.17) is 4.74 Å². The summed E-state index contributed by atoms with van der Waals surface area (Å²) in [5.74, 6) is 0.732. The molecule has 1 aromatic heterocycles. The topological polar surface area (TPSA) is 78.5 Å². The van der Waals surface area contributed by atoms with Crippen LogP contribution in [-0.2, 0) is 20.9 Å². The number of carbonyl (C=O) groups is 2. The van der Waals surface area contributed by atoms with Crippen LogP contribution in [0.4, 0.5) is 0 Å². The van der Waals surface area contributed by atoms with Crippen molar-refractivity contribution >= 4 is 22.8 Å². The summed E-state index contributed by atoms with van der Waals surface area (Å²) < 4.78 is 5.54. The van der Waals surface area contributed by atoms with E-state index in [0.29, 0.717) is 32.0 Å². The van der Waals surface area contributed by atoms with Gasteiger partial charge in [0.05, 0.1) is 11.0 Å². The molecule has 25 heavy (non-hydrogen) atoms. The molecule has 2 aromatic rings. The van der Waals surface area contributed by atoms with Gasteiger partial charge in [-0.25, -0.2) is 4.98 Å². The quantitative estimate of drug-likeness (QED) is 0.911. The largest absolute Gasteiger partial charge is 0.364 e. The van der Waals surface area contributed by atoms with E-state index in [1.54, 1.807) is 16.7 Å². The maximum absolute atomic E-state index is 12.3. The molecule has 2 heterocycles. The number of hydrogen-bond donors (Lipinski definition) is 1. The van der Waals surface area contributed by atoms with Crippen molar-refractivity contribution in [1.29, 1.82) is 0 Å². The number of aryl methyl sites for hydroxylation is 1. The van der Waals surface area contributed by atoms with Gasteiger partial charge in [0.15, 0.2) is 0 Å². The van der Waals surface area contributed by atoms with Crippen LogP contribution in [-0.4, -0.2) is 64.4 Å². The highest BCUT2D eigenvalue weighted by molar-refractivity contribution is 5.78. The third-order valence-corrected chi connectivity index (χ3v) is 4.44. The molecule has 0 saturated carbocycles. The van der Waals surface area contributed by atoms with Gasteiger partial charge in [0.25, 0.3) is 0 Å². The van der Waals surface area contributed by atoms with Gasteiger partial charge in [0.1, 0.15) is 19.0 Å². The number of aromatic nitrogens is 2. The summed E-state index contributed by atoms with van der Waals surface area (Å²) >= 11 is 0. The van der Waals surface area contributed by atoms with Gasteiger partial charge in [-0.3, -0.25) is 9.59 Å². The van der Waals surface area contributed by atoms with Crippen molar-refractivity contribution in [3.63, 3.8) is 0 Å². The van der Waals surface area contributed by atoms with Crippen LogP contribution in [0.1, 0.15) is 24.7 Å². The van der Waals surface area contributed by atoms with Crippen LogP contribution in [0.5, 0.6) is 0 Å². The molecule has 1 aliphatic heterocycles. The minimum Gasteiger partial charge on any atom is -0.364 e. The zero-order valence-electron chi connectivity index (χ0n) is 14.7. The smallest absolute Gasteiger partial charge is 0.248 e. The van der Waals surface area contributed by atoms with Gasteiger partial charge < -0.3 is 19.5 Å². The maximum atomic E-state index is 12.3. The Morgan fingerprint density at radius 2 is 1.96 bits per heavy atom. The van der Waals surface area contributed by atoms with E-state index in [9.17, 15) is 9.59 Å². The summed E-state index contributed by atoms with van der Waals surface area (Å²) in [4.78, 5) is 35.0. The second-order valence-corrected chi connectivity index (χ2v) is 6.44. The molecule has 1 fully saturated rings. The van der Waals surface area contributed by atoms with Crippen LogP contribution < -0.4 is 0 Å². The lowest BCUT2D eigenvalue weighted by atomic mass is 10.2. The van der Waals surface area contributed by atoms with E-state index in [-0.39, 0.29) is 25.0 Å². The number of nitrogens with one attached hydrogen (secondary N) is 1. The first kappa shape index (κ1) is 17.4. The Morgan fingerprint density at radius 3 is 2.76 bits per heavy atom. The van der Waals surface area contributed by atoms with Gasteiger partial charge in [0.2, 0.25) is 11.8 Å². The summed E-state index contributed by atoms with van der Waals surface area (Å²) in [6.45, 7) is 6.41. The summed E-state index contributed by atoms with van der Waals surface area (Å²) in [6, 6.07) is 6.02. The lowest BCUT2D eigenvalue weighted by Crippen LogP contribution is -2.38. The fourth-order valence-electron chi connectivity index (χ4n) is 3.05. The molecule has 0 bridgehead atoms. The predicted molar refractivity (Wildman–Crippen MR) is 93.9 cm³/mol. The van der Waals surface area contributed by atoms with Crippen molar-refractivity contribution < 1.29 is 14.3 Å². The van der Waals surface area contributed by atoms with Crippen LogP contribution in [0.15, 0.2) is 18.2 Å². The molecule has 1 aliphatic rings. The van der Waals surface area contributed by atoms with E-state index in [1.807, 2.05) is 25.1 Å². The standard InChI is InChI=1S/C18H24N4O3/c1-13-4-5-15-16(10-13)20-17(19-15)11-25-12-18(24)22-7-3-6-21(8-9-22)14(2)23/h4-5,10H,3,6-9,11-12H2,1-2H3,(H,19,20). The van der Waals surface area contributed by atoms with Crippen LogP contribution in [0.25, 0.3) is 11.0 Å². The number of H-pyrrole nitrogens is 1. The van der Waals surface area contributed by atoms with Gasteiger partial charge in [0, 0.05) is 33.1 Å². The zero-order chi connectivity index (χ0) is 17.8. The minimum absolute atomic E-state index is 0.0240. The van der Waals surface area contributed by atoms with Crippen molar-refractivity contribution in [3.8, 4) is 0 Å². The number of hydrogen-bond acceptors (Lipinski definition) is 4. The fourth-order valence-corrected chi connectivity index (χ4v) is 3.05. The van der Waals surface area contributed by atoms with Crippen molar-refractivity contribution in [1.82, 2.24) is 19.8 Å². The second-order valence-electron chi connectivity index (χ2n) is 6.44. The maximum Gasteiger partial charge on any atom is 0.248 e. The Balaban J connectivity index is 1.49. The van der Waals surface area contributed by atoms with E-state index < -0.39 is 0 Å². The number of nitrogens with zero attached hydrogens (tertiary/aromatic N) is 3. The van der Waals surface area contributed by atoms with E-state index in [2.05, 4.69) is 9.97 Å². The highest BCUT2D eigenvalue weighted by Gasteiger charge is 2.20. The number of rotatable bonds is 4. The zero-order valence-corrected chi connectivity index (χ0v) is 14.7. The Labute approximate surface area is 147 Å². The van der Waals surface area contributed by atoms with Crippen molar-refractivity contribution in [2.24, 2.45) is 0 Å². The third kappa shape index (κ3) is 4.36. The van der Waals surface area contributed by atoms with Crippen LogP contribution in [0.3, 0.4) is 0 Å². The number of ether oxygens (including phenoxy) is 1. The Kier molecular flexibility index (Phi) is 5.33. The summed E-state index contributed by atoms with van der Waals surface area (Å²) in [7, 11) is 0. The molecule has 2 amide bonds. The molecule has 0 unspecified atom stereocenters. The molecule has 7 heteroatoms. The van der Waals surface area contributed by atoms with Crippen molar-refractivity contribution in [2.75, 3.05) is 32.8 Å². The van der Waals surface area contributed by atoms with Gasteiger partial charge >= 0.3 is 0 Å². The first-order chi connectivity index (χ1) is 12.0. The van der Waals surface area contributed by atoms with Gasteiger partial charge in [-0.15, -0.1) is 0 Å². The summed E-state index contributed by atoms with van der Waals surface area (Å²) in [5, 5.41) is 0. The number of benzene rings is 1. The second kappa shape index (κ2) is 7.65. The van der Waals surface area contributed by atoms with Crippen LogP contribution >= 0.6 is 0 Å². The molecular weight excluding hydrogens is 320 g/mol. The lowest BCUT2D eigenvalue weighted by Gasteiger charge is -2.21. The molecular formula is C18H24N4O3. The summed E-state index contributed by atoms with van der Waals surface area (Å²) in [6.07, 6.45) is 0.800. The predicted octanol–water partition coefficient (Wildman–Crippen LogP) is 1.47. The monoisotopic (exact) mass is 344 g/mol. The number of fused-ring (bicyclic) bond motifs is 1. The molecule has 0 atom stereocenters. The van der Waals surface area contributed by atoms with Crippen molar-refractivity contribution in [3.05, 3.63) is 29.6 Å². The first-order valence-electron chi connectivity index (χ1n) is 8.59. The average molecular weight is 344 g/mol. The Bertz CT molecular complexity index is 771. The summed E-state index contributed by atoms with van der Waals surface area (Å²) in [5.41, 5.74) is 3.04. The van der Waals surface area contributed by atoms with Gasteiger partial charge in [-0.2, -0.15) is 0 Å². The van der Waals surface area contributed by atoms with Crippen LogP contribution in [0, 0.1) is 6.92 Å². The number of amides is 2. The minimum atomic E-state index is -0.0441. The third-order valence-electron chi connectivity index (χ3n) is 4.44. The lowest BCUT2D eigenvalue weighted by molar-refractivity contribution is -0.137. The number of imidazole rings is 1. The van der Waals surface area contributed by atoms with E-state index >= 15 is 0 Å². The van der Waals surface area contributed by atoms with E-state index in [1.165, 1.54) is 5.56 Å². The normalized spacial score (nSPS) is 15.4. The highest BCUT2D eigenvalue weighted by Crippen LogP contribution is 2.13. The molecule has 3 rings (SSSR count). The molecule has 0 spiro atoms. The molecule has 0 radical (unpaired) electrons. The Hall–Kier alpha value is -2.41. The average Bonchev–Trinajstić information content (AvgIpc) is 2.80. The van der Waals surface area contributed by atoms with Gasteiger partial charge in [-0.05, 0) is 31.0 Å². The molecule has 0 aliphatic carbocycles. The molecule has 1 saturated heterocycles. The van der Waals surface area contributed by atoms with Crippen molar-refractivity contribution in [2.45, 2.75) is 26.9 Å². The molecule has 1 aromatic carbocycles. The fraction of sp³-hybridized carbons (Fsp3) is 0.500. The number of aromatic amines is 1. The Morgan fingerprint density at radius 1 is 1.20 bits per heavy atom. The van der Waals surface area contributed by atoms with E-state index in [0.717, 1.165) is 17.5 Å². The molecule has 7 nitrogen and oxygen atoms in total. The SMILES string of the molecule is CC(=O)N1CCCN(C(=O)COCc2nc3ccc(C)cc3[nH]2)CC1. The highest BCUT2D eigenvalue weighted by atomic mass is 16.5.